The number of aliphatic hydroxyl groups excluding tert-OH is 1. The Hall–Kier alpha value is -1.94. The molecule has 0 radical (unpaired) electrons. The van der Waals surface area contributed by atoms with Gasteiger partial charge in [-0.25, -0.2) is 9.37 Å². The van der Waals surface area contributed by atoms with E-state index in [0.717, 1.165) is 42.5 Å². The predicted molar refractivity (Wildman–Crippen MR) is 82.9 cm³/mol. The summed E-state index contributed by atoms with van der Waals surface area (Å²) in [6, 6.07) is 6.76. The largest absolute Gasteiger partial charge is 0.392 e. The number of piperidine rings is 1. The fourth-order valence-corrected chi connectivity index (χ4v) is 2.93. The summed E-state index contributed by atoms with van der Waals surface area (Å²) in [7, 11) is 0. The maximum absolute atomic E-state index is 13.5. The normalized spacial score (nSPS) is 17.0. The molecule has 4 heteroatoms. The van der Waals surface area contributed by atoms with Crippen LogP contribution in [0.3, 0.4) is 0 Å². The summed E-state index contributed by atoms with van der Waals surface area (Å²) in [6.45, 7) is 1.91. The molecule has 21 heavy (non-hydrogen) atoms. The minimum absolute atomic E-state index is 0.102. The minimum Gasteiger partial charge on any atom is -0.392 e. The molecule has 2 aromatic rings. The van der Waals surface area contributed by atoms with Gasteiger partial charge in [-0.15, -0.1) is 0 Å². The molecule has 0 spiro atoms. The van der Waals surface area contributed by atoms with E-state index in [2.05, 4.69) is 16.0 Å². The van der Waals surface area contributed by atoms with Crippen molar-refractivity contribution in [2.45, 2.75) is 12.8 Å². The van der Waals surface area contributed by atoms with Crippen molar-refractivity contribution in [3.05, 3.63) is 48.4 Å². The molecule has 0 amide bonds. The molecule has 2 heterocycles. The van der Waals surface area contributed by atoms with Crippen LogP contribution in [0.15, 0.2) is 42.6 Å². The van der Waals surface area contributed by atoms with Crippen molar-refractivity contribution in [2.75, 3.05) is 24.6 Å². The molecule has 1 saturated heterocycles. The predicted octanol–water partition coefficient (Wildman–Crippen LogP) is 3.14. The third-order valence-corrected chi connectivity index (χ3v) is 4.06. The molecule has 0 unspecified atom stereocenters. The maximum atomic E-state index is 13.5. The summed E-state index contributed by atoms with van der Waals surface area (Å²) in [5.74, 6) is 1.16. The Kier molecular flexibility index (Phi) is 4.15. The van der Waals surface area contributed by atoms with Crippen LogP contribution in [-0.2, 0) is 0 Å². The van der Waals surface area contributed by atoms with Crippen molar-refractivity contribution in [1.29, 1.82) is 0 Å². The van der Waals surface area contributed by atoms with Crippen molar-refractivity contribution in [2.24, 2.45) is 5.92 Å². The van der Waals surface area contributed by atoms with Crippen LogP contribution in [-0.4, -0.2) is 29.8 Å². The number of hydrogen-bond donors (Lipinski definition) is 1. The number of allylic oxidation sites excluding steroid dienone is 1. The molecule has 1 aromatic carbocycles. The fourth-order valence-electron chi connectivity index (χ4n) is 2.93. The summed E-state index contributed by atoms with van der Waals surface area (Å²) in [4.78, 5) is 6.69. The molecule has 3 nitrogen and oxygen atoms in total. The van der Waals surface area contributed by atoms with Gasteiger partial charge in [-0.3, -0.25) is 0 Å². The maximum Gasteiger partial charge on any atom is 0.136 e. The fraction of sp³-hybridized carbons (Fsp3) is 0.353. The first-order valence-corrected chi connectivity index (χ1v) is 7.34. The van der Waals surface area contributed by atoms with Crippen LogP contribution < -0.4 is 4.90 Å². The molecule has 0 bridgehead atoms. The second-order valence-electron chi connectivity index (χ2n) is 5.44. The summed E-state index contributed by atoms with van der Waals surface area (Å²) < 4.78 is 13.5. The van der Waals surface area contributed by atoms with Crippen molar-refractivity contribution in [3.63, 3.8) is 0 Å². The number of anilines is 1. The van der Waals surface area contributed by atoms with Crippen LogP contribution in [0.5, 0.6) is 0 Å². The highest BCUT2D eigenvalue weighted by atomic mass is 19.1. The molecule has 3 rings (SSSR count). The van der Waals surface area contributed by atoms with Gasteiger partial charge in [0.05, 0.1) is 6.61 Å². The van der Waals surface area contributed by atoms with Crippen LogP contribution in [0.25, 0.3) is 10.8 Å². The van der Waals surface area contributed by atoms with E-state index in [-0.39, 0.29) is 12.4 Å². The summed E-state index contributed by atoms with van der Waals surface area (Å²) in [6.07, 6.45) is 7.75. The SMILES string of the molecule is OCC=CC1CCN(c2nccc3ccc(F)cc23)CC1. The number of fused-ring (bicyclic) bond motifs is 1. The Morgan fingerprint density at radius 1 is 1.29 bits per heavy atom. The van der Waals surface area contributed by atoms with Crippen LogP contribution in [0.2, 0.25) is 0 Å². The molecule has 1 aromatic heterocycles. The van der Waals surface area contributed by atoms with Crippen LogP contribution >= 0.6 is 0 Å². The first-order chi connectivity index (χ1) is 10.3. The lowest BCUT2D eigenvalue weighted by atomic mass is 9.96. The standard InChI is InChI=1S/C17H19FN2O/c18-15-4-3-14-5-8-19-17(16(14)12-15)20-9-6-13(7-10-20)2-1-11-21/h1-5,8,12-13,21H,6-7,9-11H2. The smallest absolute Gasteiger partial charge is 0.136 e. The molecule has 1 aliphatic heterocycles. The Morgan fingerprint density at radius 3 is 2.86 bits per heavy atom. The lowest BCUT2D eigenvalue weighted by Crippen LogP contribution is -2.33. The minimum atomic E-state index is -0.225. The Bertz CT molecular complexity index is 648. The van der Waals surface area contributed by atoms with Gasteiger partial charge in [0, 0.05) is 24.7 Å². The quantitative estimate of drug-likeness (QED) is 0.881. The molecular weight excluding hydrogens is 267 g/mol. The number of rotatable bonds is 3. The summed E-state index contributed by atoms with van der Waals surface area (Å²) >= 11 is 0. The van der Waals surface area contributed by atoms with Crippen LogP contribution in [0, 0.1) is 11.7 Å². The topological polar surface area (TPSA) is 36.4 Å². The summed E-state index contributed by atoms with van der Waals surface area (Å²) in [5.41, 5.74) is 0. The zero-order chi connectivity index (χ0) is 14.7. The highest BCUT2D eigenvalue weighted by Crippen LogP contribution is 2.29. The van der Waals surface area contributed by atoms with E-state index in [4.69, 9.17) is 5.11 Å². The molecular formula is C17H19FN2O. The highest BCUT2D eigenvalue weighted by Gasteiger charge is 2.19. The van der Waals surface area contributed by atoms with Gasteiger partial charge in [-0.05, 0) is 42.3 Å². The van der Waals surface area contributed by atoms with Gasteiger partial charge < -0.3 is 10.0 Å². The van der Waals surface area contributed by atoms with Crippen molar-refractivity contribution < 1.29 is 9.50 Å². The number of aromatic nitrogens is 1. The molecule has 1 N–H and O–H groups in total. The van der Waals surface area contributed by atoms with Gasteiger partial charge in [0.25, 0.3) is 0 Å². The van der Waals surface area contributed by atoms with Crippen molar-refractivity contribution in [1.82, 2.24) is 4.98 Å². The van der Waals surface area contributed by atoms with E-state index in [1.54, 1.807) is 18.3 Å². The van der Waals surface area contributed by atoms with Crippen molar-refractivity contribution >= 4 is 16.6 Å². The van der Waals surface area contributed by atoms with Gasteiger partial charge in [-0.1, -0.05) is 18.2 Å². The molecule has 1 aliphatic rings. The number of hydrogen-bond acceptors (Lipinski definition) is 3. The molecule has 0 aliphatic carbocycles. The molecule has 0 saturated carbocycles. The number of pyridine rings is 1. The van der Waals surface area contributed by atoms with Gasteiger partial charge in [0.2, 0.25) is 0 Å². The second-order valence-corrected chi connectivity index (χ2v) is 5.44. The van der Waals surface area contributed by atoms with E-state index >= 15 is 0 Å². The Balaban J connectivity index is 1.82. The highest BCUT2D eigenvalue weighted by molar-refractivity contribution is 5.92. The Labute approximate surface area is 123 Å². The van der Waals surface area contributed by atoms with E-state index in [9.17, 15) is 4.39 Å². The molecule has 110 valence electrons. The van der Waals surface area contributed by atoms with Crippen LogP contribution in [0.1, 0.15) is 12.8 Å². The average molecular weight is 286 g/mol. The lowest BCUT2D eigenvalue weighted by Gasteiger charge is -2.32. The third-order valence-electron chi connectivity index (χ3n) is 4.06. The number of nitrogens with zero attached hydrogens (tertiary/aromatic N) is 2. The first kappa shape index (κ1) is 14.0. The average Bonchev–Trinajstić information content (AvgIpc) is 2.53. The van der Waals surface area contributed by atoms with E-state index in [1.807, 2.05) is 12.1 Å². The van der Waals surface area contributed by atoms with Gasteiger partial charge in [0.15, 0.2) is 0 Å². The molecule has 0 atom stereocenters. The number of aliphatic hydroxyl groups is 1. The zero-order valence-corrected chi connectivity index (χ0v) is 11.9. The van der Waals surface area contributed by atoms with E-state index in [0.29, 0.717) is 5.92 Å². The van der Waals surface area contributed by atoms with E-state index in [1.165, 1.54) is 6.07 Å². The lowest BCUT2D eigenvalue weighted by molar-refractivity contribution is 0.340. The van der Waals surface area contributed by atoms with E-state index < -0.39 is 0 Å². The number of halogens is 1. The van der Waals surface area contributed by atoms with Gasteiger partial charge >= 0.3 is 0 Å². The van der Waals surface area contributed by atoms with Crippen molar-refractivity contribution in [3.8, 4) is 0 Å². The first-order valence-electron chi connectivity index (χ1n) is 7.34. The Morgan fingerprint density at radius 2 is 2.10 bits per heavy atom. The van der Waals surface area contributed by atoms with Gasteiger partial charge in [-0.2, -0.15) is 0 Å². The number of benzene rings is 1. The second kappa shape index (κ2) is 6.22. The van der Waals surface area contributed by atoms with Crippen LogP contribution in [0.4, 0.5) is 10.2 Å². The molecule has 1 fully saturated rings. The monoisotopic (exact) mass is 286 g/mol. The summed E-state index contributed by atoms with van der Waals surface area (Å²) in [5, 5.41) is 10.7. The van der Waals surface area contributed by atoms with Gasteiger partial charge in [0.1, 0.15) is 11.6 Å². The third kappa shape index (κ3) is 3.05. The zero-order valence-electron chi connectivity index (χ0n) is 11.9.